The van der Waals surface area contributed by atoms with Crippen LogP contribution in [-0.4, -0.2) is 19.7 Å². The Morgan fingerprint density at radius 3 is 1.44 bits per heavy atom. The van der Waals surface area contributed by atoms with E-state index < -0.39 is 5.97 Å². The second-order valence-corrected chi connectivity index (χ2v) is 6.36. The minimum atomic E-state index is -0.394. The third-order valence-electron chi connectivity index (χ3n) is 4.10. The molecule has 0 N–H and O–H groups in total. The number of hydrogen-bond acceptors (Lipinski definition) is 3. The topological polar surface area (TPSA) is 35.5 Å². The zero-order chi connectivity index (χ0) is 19.0. The van der Waals surface area contributed by atoms with Crippen molar-refractivity contribution in [2.45, 2.75) is 96.8 Å². The van der Waals surface area contributed by atoms with Gasteiger partial charge in [0.25, 0.3) is 0 Å². The molecule has 0 rings (SSSR count). The summed E-state index contributed by atoms with van der Waals surface area (Å²) >= 11 is 0. The minimum absolute atomic E-state index is 0.394. The predicted molar refractivity (Wildman–Crippen MR) is 109 cm³/mol. The zero-order valence-electron chi connectivity index (χ0n) is 16.9. The highest BCUT2D eigenvalue weighted by atomic mass is 16.5. The average molecular weight is 355 g/mol. The van der Waals surface area contributed by atoms with E-state index in [0.29, 0.717) is 0 Å². The molecule has 0 heterocycles. The van der Waals surface area contributed by atoms with Crippen molar-refractivity contribution < 1.29 is 14.3 Å². The first-order valence-corrected chi connectivity index (χ1v) is 10.2. The van der Waals surface area contributed by atoms with Crippen LogP contribution in [0.2, 0.25) is 0 Å². The van der Waals surface area contributed by atoms with Gasteiger partial charge in [0.05, 0.1) is 20.0 Å². The molecular formula is C22H42O3. The monoisotopic (exact) mass is 354 g/mol. The van der Waals surface area contributed by atoms with E-state index in [2.05, 4.69) is 24.8 Å². The largest absolute Gasteiger partial charge is 0.502 e. The van der Waals surface area contributed by atoms with Crippen molar-refractivity contribution in [1.82, 2.24) is 0 Å². The summed E-state index contributed by atoms with van der Waals surface area (Å²) in [5.41, 5.74) is 0. The highest BCUT2D eigenvalue weighted by Crippen LogP contribution is 2.12. The number of methoxy groups -OCH3 is 1. The van der Waals surface area contributed by atoms with Gasteiger partial charge < -0.3 is 9.47 Å². The molecule has 0 aliphatic carbocycles. The summed E-state index contributed by atoms with van der Waals surface area (Å²) in [6, 6.07) is 0. The Balaban J connectivity index is 0. The van der Waals surface area contributed by atoms with Crippen LogP contribution >= 0.6 is 0 Å². The smallest absolute Gasteiger partial charge is 0.329 e. The Morgan fingerprint density at radius 1 is 0.760 bits per heavy atom. The first-order chi connectivity index (χ1) is 12.2. The molecule has 0 atom stereocenters. The molecule has 3 nitrogen and oxygen atoms in total. The van der Waals surface area contributed by atoms with Crippen LogP contribution in [0.25, 0.3) is 0 Å². The molecule has 0 radical (unpaired) electrons. The summed E-state index contributed by atoms with van der Waals surface area (Å²) in [5.74, 6) is -0.394. The van der Waals surface area contributed by atoms with Gasteiger partial charge in [-0.25, -0.2) is 4.79 Å². The summed E-state index contributed by atoms with van der Waals surface area (Å²) in [5, 5.41) is 0. The van der Waals surface area contributed by atoms with Gasteiger partial charge in [0.1, 0.15) is 0 Å². The maximum absolute atomic E-state index is 9.84. The lowest BCUT2D eigenvalue weighted by atomic mass is 10.0. The lowest BCUT2D eigenvalue weighted by Crippen LogP contribution is -1.91. The van der Waals surface area contributed by atoms with Gasteiger partial charge in [0.2, 0.25) is 0 Å². The summed E-state index contributed by atoms with van der Waals surface area (Å²) in [6.45, 7) is 9.83. The number of rotatable bonds is 17. The van der Waals surface area contributed by atoms with Crippen molar-refractivity contribution in [3.63, 3.8) is 0 Å². The SMILES string of the molecule is C=CC(=O)OC.C=COCCCCCCCCCCCCCCCC. The molecule has 0 spiro atoms. The molecule has 0 aromatic rings. The maximum Gasteiger partial charge on any atom is 0.329 e. The van der Waals surface area contributed by atoms with Crippen molar-refractivity contribution in [3.05, 3.63) is 25.5 Å². The first kappa shape index (κ1) is 26.0. The van der Waals surface area contributed by atoms with E-state index >= 15 is 0 Å². The van der Waals surface area contributed by atoms with Gasteiger partial charge in [-0.2, -0.15) is 0 Å². The van der Waals surface area contributed by atoms with E-state index in [9.17, 15) is 4.79 Å². The number of hydrogen-bond donors (Lipinski definition) is 0. The Labute approximate surface area is 156 Å². The molecule has 0 aromatic carbocycles. The maximum atomic E-state index is 9.84. The fourth-order valence-corrected chi connectivity index (χ4v) is 2.55. The van der Waals surface area contributed by atoms with Crippen molar-refractivity contribution in [3.8, 4) is 0 Å². The molecule has 0 saturated heterocycles. The van der Waals surface area contributed by atoms with Crippen LogP contribution in [0.3, 0.4) is 0 Å². The number of carbonyl (C=O) groups is 1. The number of ether oxygens (including phenoxy) is 2. The van der Waals surface area contributed by atoms with E-state index in [1.54, 1.807) is 6.26 Å². The van der Waals surface area contributed by atoms with Crippen LogP contribution < -0.4 is 0 Å². The Bertz CT molecular complexity index is 287. The molecule has 0 unspecified atom stereocenters. The summed E-state index contributed by atoms with van der Waals surface area (Å²) in [4.78, 5) is 9.84. The summed E-state index contributed by atoms with van der Waals surface area (Å²) < 4.78 is 9.25. The van der Waals surface area contributed by atoms with E-state index in [0.717, 1.165) is 12.7 Å². The molecular weight excluding hydrogens is 312 g/mol. The van der Waals surface area contributed by atoms with Gasteiger partial charge in [0.15, 0.2) is 0 Å². The van der Waals surface area contributed by atoms with Gasteiger partial charge >= 0.3 is 5.97 Å². The molecule has 0 aliphatic rings. The fourth-order valence-electron chi connectivity index (χ4n) is 2.55. The van der Waals surface area contributed by atoms with Crippen LogP contribution in [0.15, 0.2) is 25.5 Å². The fraction of sp³-hybridized carbons (Fsp3) is 0.773. The third kappa shape index (κ3) is 27.9. The van der Waals surface area contributed by atoms with Crippen molar-refractivity contribution in [1.29, 1.82) is 0 Å². The minimum Gasteiger partial charge on any atom is -0.502 e. The molecule has 148 valence electrons. The van der Waals surface area contributed by atoms with Crippen LogP contribution in [-0.2, 0) is 14.3 Å². The Morgan fingerprint density at radius 2 is 1.16 bits per heavy atom. The second-order valence-electron chi connectivity index (χ2n) is 6.36. The molecule has 0 bridgehead atoms. The molecule has 3 heteroatoms. The van der Waals surface area contributed by atoms with E-state index in [1.807, 2.05) is 0 Å². The number of carbonyl (C=O) groups excluding carboxylic acids is 1. The van der Waals surface area contributed by atoms with Gasteiger partial charge in [-0.05, 0) is 6.42 Å². The van der Waals surface area contributed by atoms with Crippen LogP contribution in [0.5, 0.6) is 0 Å². The molecule has 0 aliphatic heterocycles. The Kier molecular flexibility index (Phi) is 26.0. The van der Waals surface area contributed by atoms with Crippen LogP contribution in [0.4, 0.5) is 0 Å². The second kappa shape index (κ2) is 25.0. The van der Waals surface area contributed by atoms with Gasteiger partial charge in [-0.3, -0.25) is 0 Å². The number of esters is 1. The lowest BCUT2D eigenvalue weighted by Gasteiger charge is -2.03. The quantitative estimate of drug-likeness (QED) is 0.122. The van der Waals surface area contributed by atoms with E-state index in [1.165, 1.54) is 97.0 Å². The van der Waals surface area contributed by atoms with Gasteiger partial charge in [0, 0.05) is 6.08 Å². The number of unbranched alkanes of at least 4 members (excludes halogenated alkanes) is 13. The van der Waals surface area contributed by atoms with E-state index in [-0.39, 0.29) is 0 Å². The van der Waals surface area contributed by atoms with Crippen molar-refractivity contribution in [2.75, 3.05) is 13.7 Å². The van der Waals surface area contributed by atoms with Crippen molar-refractivity contribution >= 4 is 5.97 Å². The molecule has 0 fully saturated rings. The third-order valence-corrected chi connectivity index (χ3v) is 4.10. The average Bonchev–Trinajstić information content (AvgIpc) is 2.64. The Hall–Kier alpha value is -1.25. The molecule has 0 aromatic heterocycles. The zero-order valence-corrected chi connectivity index (χ0v) is 16.9. The van der Waals surface area contributed by atoms with Crippen LogP contribution in [0, 0.1) is 0 Å². The normalized spacial score (nSPS) is 9.68. The predicted octanol–water partition coefficient (Wildman–Crippen LogP) is 6.97. The summed E-state index contributed by atoms with van der Waals surface area (Å²) in [6.07, 6.45) is 22.3. The molecule has 0 amide bonds. The van der Waals surface area contributed by atoms with E-state index in [4.69, 9.17) is 4.74 Å². The first-order valence-electron chi connectivity index (χ1n) is 10.2. The van der Waals surface area contributed by atoms with Crippen LogP contribution in [0.1, 0.15) is 96.8 Å². The van der Waals surface area contributed by atoms with Gasteiger partial charge in [-0.15, -0.1) is 0 Å². The van der Waals surface area contributed by atoms with Gasteiger partial charge in [-0.1, -0.05) is 104 Å². The van der Waals surface area contributed by atoms with Crippen molar-refractivity contribution in [2.24, 2.45) is 0 Å². The molecule has 0 saturated carbocycles. The standard InChI is InChI=1S/C18H36O.C4H6O2/c1-3-5-6-7-8-9-10-11-12-13-14-15-16-17-18-19-4-2;1-3-4(5)6-2/h4H,2-3,5-18H2,1H3;3H,1H2,2H3. The summed E-state index contributed by atoms with van der Waals surface area (Å²) in [7, 11) is 1.31. The lowest BCUT2D eigenvalue weighted by molar-refractivity contribution is -0.134. The highest BCUT2D eigenvalue weighted by Gasteiger charge is 1.93. The highest BCUT2D eigenvalue weighted by molar-refractivity contribution is 5.80. The molecule has 25 heavy (non-hydrogen) atoms.